The largest absolute Gasteiger partial charge is 0.444 e. The molecule has 1 saturated heterocycles. The van der Waals surface area contributed by atoms with Crippen molar-refractivity contribution in [3.8, 4) is 0 Å². The molecule has 4 heteroatoms. The van der Waals surface area contributed by atoms with Gasteiger partial charge >= 0.3 is 6.09 Å². The van der Waals surface area contributed by atoms with Crippen molar-refractivity contribution in [3.05, 3.63) is 35.9 Å². The van der Waals surface area contributed by atoms with Crippen molar-refractivity contribution >= 4 is 6.09 Å². The van der Waals surface area contributed by atoms with Gasteiger partial charge in [0, 0.05) is 26.6 Å². The SMILES string of the molecule is COC1(Cc2ccccc2)CCN(C(=O)OC(C)(C)C)CC1. The quantitative estimate of drug-likeness (QED) is 0.855. The normalized spacial score (nSPS) is 18.1. The van der Waals surface area contributed by atoms with Crippen LogP contribution < -0.4 is 0 Å². The molecule has 0 saturated carbocycles. The van der Waals surface area contributed by atoms with E-state index in [4.69, 9.17) is 9.47 Å². The predicted octanol–water partition coefficient (Wildman–Crippen LogP) is 3.65. The fraction of sp³-hybridized carbons (Fsp3) is 0.611. The molecule has 4 nitrogen and oxygen atoms in total. The van der Waals surface area contributed by atoms with Gasteiger partial charge in [-0.15, -0.1) is 0 Å². The molecule has 1 fully saturated rings. The Kier molecular flexibility index (Phi) is 5.12. The van der Waals surface area contributed by atoms with E-state index in [2.05, 4.69) is 24.3 Å². The third-order valence-corrected chi connectivity index (χ3v) is 4.13. The standard InChI is InChI=1S/C18H27NO3/c1-17(2,3)22-16(20)19-12-10-18(21-4,11-13-19)14-15-8-6-5-7-9-15/h5-9H,10-14H2,1-4H3. The first kappa shape index (κ1) is 16.8. The number of benzene rings is 1. The highest BCUT2D eigenvalue weighted by atomic mass is 16.6. The monoisotopic (exact) mass is 305 g/mol. The number of carbonyl (C=O) groups is 1. The van der Waals surface area contributed by atoms with Gasteiger partial charge in [-0.1, -0.05) is 30.3 Å². The van der Waals surface area contributed by atoms with Crippen LogP contribution in [0.4, 0.5) is 4.79 Å². The first-order chi connectivity index (χ1) is 10.3. The Morgan fingerprint density at radius 2 is 1.77 bits per heavy atom. The number of likely N-dealkylation sites (tertiary alicyclic amines) is 1. The number of nitrogens with zero attached hydrogens (tertiary/aromatic N) is 1. The molecule has 0 radical (unpaired) electrons. The van der Waals surface area contributed by atoms with Crippen molar-refractivity contribution in [2.75, 3.05) is 20.2 Å². The first-order valence-corrected chi connectivity index (χ1v) is 7.91. The molecule has 0 atom stereocenters. The van der Waals surface area contributed by atoms with E-state index in [9.17, 15) is 4.79 Å². The highest BCUT2D eigenvalue weighted by Crippen LogP contribution is 2.30. The summed E-state index contributed by atoms with van der Waals surface area (Å²) in [4.78, 5) is 13.9. The van der Waals surface area contributed by atoms with Gasteiger partial charge in [0.2, 0.25) is 0 Å². The topological polar surface area (TPSA) is 38.8 Å². The lowest BCUT2D eigenvalue weighted by Gasteiger charge is -2.41. The molecule has 1 aromatic rings. The van der Waals surface area contributed by atoms with E-state index in [1.165, 1.54) is 5.56 Å². The van der Waals surface area contributed by atoms with Crippen LogP contribution in [0.5, 0.6) is 0 Å². The second kappa shape index (κ2) is 6.69. The molecule has 1 aliphatic heterocycles. The average molecular weight is 305 g/mol. The van der Waals surface area contributed by atoms with Crippen molar-refractivity contribution in [3.63, 3.8) is 0 Å². The molecule has 0 aromatic heterocycles. The maximum absolute atomic E-state index is 12.1. The van der Waals surface area contributed by atoms with E-state index >= 15 is 0 Å². The maximum Gasteiger partial charge on any atom is 0.410 e. The minimum atomic E-state index is -0.448. The lowest BCUT2D eigenvalue weighted by Crippen LogP contribution is -2.49. The van der Waals surface area contributed by atoms with Gasteiger partial charge in [-0.05, 0) is 39.2 Å². The van der Waals surface area contributed by atoms with Crippen LogP contribution in [-0.4, -0.2) is 42.4 Å². The molecular formula is C18H27NO3. The van der Waals surface area contributed by atoms with Crippen LogP contribution in [0.15, 0.2) is 30.3 Å². The number of carbonyl (C=O) groups excluding carboxylic acids is 1. The molecule has 0 spiro atoms. The molecular weight excluding hydrogens is 278 g/mol. The van der Waals surface area contributed by atoms with Crippen LogP contribution in [0, 0.1) is 0 Å². The summed E-state index contributed by atoms with van der Waals surface area (Å²) in [6, 6.07) is 10.4. The van der Waals surface area contributed by atoms with Crippen LogP contribution in [0.2, 0.25) is 0 Å². The summed E-state index contributed by atoms with van der Waals surface area (Å²) >= 11 is 0. The van der Waals surface area contributed by atoms with E-state index in [0.717, 1.165) is 19.3 Å². The van der Waals surface area contributed by atoms with Gasteiger partial charge in [0.05, 0.1) is 5.60 Å². The lowest BCUT2D eigenvalue weighted by atomic mass is 9.85. The van der Waals surface area contributed by atoms with Crippen molar-refractivity contribution in [1.82, 2.24) is 4.90 Å². The summed E-state index contributed by atoms with van der Waals surface area (Å²) in [6.07, 6.45) is 2.32. The van der Waals surface area contributed by atoms with Crippen molar-refractivity contribution in [2.45, 2.75) is 51.2 Å². The number of piperidine rings is 1. The molecule has 2 rings (SSSR count). The molecule has 0 aliphatic carbocycles. The highest BCUT2D eigenvalue weighted by molar-refractivity contribution is 5.68. The van der Waals surface area contributed by atoms with Gasteiger partial charge in [-0.25, -0.2) is 4.79 Å². The molecule has 1 aliphatic rings. The van der Waals surface area contributed by atoms with Crippen LogP contribution in [0.3, 0.4) is 0 Å². The average Bonchev–Trinajstić information content (AvgIpc) is 2.47. The van der Waals surface area contributed by atoms with E-state index in [0.29, 0.717) is 13.1 Å². The van der Waals surface area contributed by atoms with E-state index in [1.807, 2.05) is 26.8 Å². The molecule has 22 heavy (non-hydrogen) atoms. The van der Waals surface area contributed by atoms with Gasteiger partial charge < -0.3 is 14.4 Å². The van der Waals surface area contributed by atoms with Crippen LogP contribution in [0.25, 0.3) is 0 Å². The van der Waals surface area contributed by atoms with Crippen molar-refractivity contribution in [1.29, 1.82) is 0 Å². The van der Waals surface area contributed by atoms with Gasteiger partial charge in [0.1, 0.15) is 5.60 Å². The molecule has 0 N–H and O–H groups in total. The Morgan fingerprint density at radius 3 is 2.27 bits per heavy atom. The minimum absolute atomic E-state index is 0.181. The molecule has 0 bridgehead atoms. The smallest absolute Gasteiger partial charge is 0.410 e. The molecule has 122 valence electrons. The van der Waals surface area contributed by atoms with Crippen LogP contribution in [0.1, 0.15) is 39.2 Å². The summed E-state index contributed by atoms with van der Waals surface area (Å²) in [7, 11) is 1.77. The fourth-order valence-electron chi connectivity index (χ4n) is 2.84. The third kappa shape index (κ3) is 4.47. The molecule has 0 unspecified atom stereocenters. The van der Waals surface area contributed by atoms with E-state index in [-0.39, 0.29) is 11.7 Å². The lowest BCUT2D eigenvalue weighted by molar-refractivity contribution is -0.0597. The highest BCUT2D eigenvalue weighted by Gasteiger charge is 2.37. The Hall–Kier alpha value is -1.55. The molecule has 1 heterocycles. The van der Waals surface area contributed by atoms with Crippen molar-refractivity contribution < 1.29 is 14.3 Å². The summed E-state index contributed by atoms with van der Waals surface area (Å²) in [5.41, 5.74) is 0.645. The van der Waals surface area contributed by atoms with Gasteiger partial charge in [0.25, 0.3) is 0 Å². The Balaban J connectivity index is 1.95. The zero-order chi connectivity index (χ0) is 16.2. The summed E-state index contributed by atoms with van der Waals surface area (Å²) in [6.45, 7) is 7.03. The molecule has 1 aromatic carbocycles. The van der Waals surface area contributed by atoms with Crippen LogP contribution >= 0.6 is 0 Å². The first-order valence-electron chi connectivity index (χ1n) is 7.91. The Labute approximate surface area is 133 Å². The Bertz CT molecular complexity index is 485. The third-order valence-electron chi connectivity index (χ3n) is 4.13. The van der Waals surface area contributed by atoms with E-state index < -0.39 is 5.60 Å². The van der Waals surface area contributed by atoms with Crippen molar-refractivity contribution in [2.24, 2.45) is 0 Å². The van der Waals surface area contributed by atoms with Crippen LogP contribution in [-0.2, 0) is 15.9 Å². The zero-order valence-electron chi connectivity index (χ0n) is 14.1. The van der Waals surface area contributed by atoms with Gasteiger partial charge in [-0.2, -0.15) is 0 Å². The number of amides is 1. The maximum atomic E-state index is 12.1. The number of methoxy groups -OCH3 is 1. The second-order valence-electron chi connectivity index (χ2n) is 7.02. The second-order valence-corrected chi connectivity index (χ2v) is 7.02. The van der Waals surface area contributed by atoms with E-state index in [1.54, 1.807) is 12.0 Å². The summed E-state index contributed by atoms with van der Waals surface area (Å²) in [5.74, 6) is 0. The summed E-state index contributed by atoms with van der Waals surface area (Å²) < 4.78 is 11.3. The predicted molar refractivity (Wildman–Crippen MR) is 86.9 cm³/mol. The van der Waals surface area contributed by atoms with Gasteiger partial charge in [-0.3, -0.25) is 0 Å². The number of hydrogen-bond acceptors (Lipinski definition) is 3. The van der Waals surface area contributed by atoms with Gasteiger partial charge in [0.15, 0.2) is 0 Å². The number of rotatable bonds is 3. The Morgan fingerprint density at radius 1 is 1.18 bits per heavy atom. The summed E-state index contributed by atoms with van der Waals surface area (Å²) in [5, 5.41) is 0. The molecule has 1 amide bonds. The fourth-order valence-corrected chi connectivity index (χ4v) is 2.84. The minimum Gasteiger partial charge on any atom is -0.444 e. The number of ether oxygens (including phenoxy) is 2. The number of hydrogen-bond donors (Lipinski definition) is 0. The zero-order valence-corrected chi connectivity index (χ0v) is 14.1.